The van der Waals surface area contributed by atoms with Gasteiger partial charge in [-0.2, -0.15) is 5.26 Å². The summed E-state index contributed by atoms with van der Waals surface area (Å²) in [5.74, 6) is 1.35. The fourth-order valence-corrected chi connectivity index (χ4v) is 1.55. The summed E-state index contributed by atoms with van der Waals surface area (Å²) < 4.78 is 5.69. The van der Waals surface area contributed by atoms with Crippen LogP contribution in [0.2, 0.25) is 0 Å². The maximum absolute atomic E-state index is 9.04. The average Bonchev–Trinajstić information content (AvgIpc) is 2.45. The zero-order valence-corrected chi connectivity index (χ0v) is 11.9. The van der Waals surface area contributed by atoms with Gasteiger partial charge in [0.2, 0.25) is 0 Å². The van der Waals surface area contributed by atoms with E-state index >= 15 is 0 Å². The Morgan fingerprint density at radius 2 is 1.47 bits per heavy atom. The summed E-state index contributed by atoms with van der Waals surface area (Å²) in [6.07, 6.45) is 0. The van der Waals surface area contributed by atoms with Gasteiger partial charge in [0, 0.05) is 0 Å². The summed E-state index contributed by atoms with van der Waals surface area (Å²) in [5, 5.41) is 9.04. The van der Waals surface area contributed by atoms with E-state index in [0.717, 1.165) is 11.3 Å². The third kappa shape index (κ3) is 4.15. The van der Waals surface area contributed by atoms with Crippen molar-refractivity contribution < 1.29 is 4.74 Å². The van der Waals surface area contributed by atoms with Gasteiger partial charge in [-0.1, -0.05) is 37.6 Å². The molecule has 2 rings (SSSR count). The molecule has 2 heteroatoms. The SMILES string of the molecule is CC.Cc1ccc(Oc2ccc(C)cc2C#N)cc1. The Bertz CT molecular complexity index is 565. The summed E-state index contributed by atoms with van der Waals surface area (Å²) in [4.78, 5) is 0. The van der Waals surface area contributed by atoms with Crippen molar-refractivity contribution in [3.05, 3.63) is 59.2 Å². The van der Waals surface area contributed by atoms with Gasteiger partial charge in [-0.05, 0) is 43.7 Å². The van der Waals surface area contributed by atoms with Crippen LogP contribution in [0.25, 0.3) is 0 Å². The molecule has 2 aromatic rings. The average molecular weight is 253 g/mol. The van der Waals surface area contributed by atoms with E-state index in [9.17, 15) is 0 Å². The molecule has 0 aliphatic rings. The van der Waals surface area contributed by atoms with Crippen LogP contribution in [0.15, 0.2) is 42.5 Å². The molecule has 0 spiro atoms. The standard InChI is InChI=1S/C15H13NO.C2H6/c1-11-3-6-14(7-4-11)17-15-8-5-12(2)9-13(15)10-16;1-2/h3-9H,1-2H3;1-2H3. The zero-order chi connectivity index (χ0) is 14.3. The van der Waals surface area contributed by atoms with Gasteiger partial charge in [0.15, 0.2) is 0 Å². The molecule has 0 fully saturated rings. The number of hydrogen-bond acceptors (Lipinski definition) is 2. The monoisotopic (exact) mass is 253 g/mol. The number of aryl methyl sites for hydroxylation is 2. The van der Waals surface area contributed by atoms with Crippen LogP contribution in [0, 0.1) is 25.2 Å². The van der Waals surface area contributed by atoms with Gasteiger partial charge in [-0.15, -0.1) is 0 Å². The second-order valence-electron chi connectivity index (χ2n) is 4.03. The Morgan fingerprint density at radius 1 is 0.895 bits per heavy atom. The van der Waals surface area contributed by atoms with Gasteiger partial charge < -0.3 is 4.74 Å². The third-order valence-corrected chi connectivity index (χ3v) is 2.50. The highest BCUT2D eigenvalue weighted by Crippen LogP contribution is 2.25. The molecule has 2 nitrogen and oxygen atoms in total. The minimum absolute atomic E-state index is 0.561. The van der Waals surface area contributed by atoms with Gasteiger partial charge in [0.1, 0.15) is 17.6 Å². The molecule has 19 heavy (non-hydrogen) atoms. The summed E-state index contributed by atoms with van der Waals surface area (Å²) in [6, 6.07) is 15.5. The number of rotatable bonds is 2. The maximum atomic E-state index is 9.04. The van der Waals surface area contributed by atoms with Crippen molar-refractivity contribution in [3.8, 4) is 17.6 Å². The number of nitrogens with zero attached hydrogens (tertiary/aromatic N) is 1. The molecule has 98 valence electrons. The van der Waals surface area contributed by atoms with E-state index < -0.39 is 0 Å². The van der Waals surface area contributed by atoms with Crippen molar-refractivity contribution in [1.82, 2.24) is 0 Å². The molecule has 2 aromatic carbocycles. The normalized spacial score (nSPS) is 9.00. The van der Waals surface area contributed by atoms with Crippen LogP contribution in [-0.2, 0) is 0 Å². The molecule has 0 bridgehead atoms. The molecule has 0 amide bonds. The quantitative estimate of drug-likeness (QED) is 0.755. The van der Waals surface area contributed by atoms with E-state index in [1.807, 2.05) is 70.2 Å². The van der Waals surface area contributed by atoms with E-state index in [1.165, 1.54) is 5.56 Å². The fourth-order valence-electron chi connectivity index (χ4n) is 1.55. The Hall–Kier alpha value is -2.27. The van der Waals surface area contributed by atoms with Gasteiger partial charge in [0.05, 0.1) is 5.56 Å². The topological polar surface area (TPSA) is 33.0 Å². The maximum Gasteiger partial charge on any atom is 0.145 e. The van der Waals surface area contributed by atoms with Crippen LogP contribution < -0.4 is 4.74 Å². The lowest BCUT2D eigenvalue weighted by Gasteiger charge is -2.08. The number of hydrogen-bond donors (Lipinski definition) is 0. The molecule has 0 radical (unpaired) electrons. The summed E-state index contributed by atoms with van der Waals surface area (Å²) in [7, 11) is 0. The lowest BCUT2D eigenvalue weighted by Crippen LogP contribution is -1.89. The summed E-state index contributed by atoms with van der Waals surface area (Å²) >= 11 is 0. The minimum atomic E-state index is 0.561. The lowest BCUT2D eigenvalue weighted by molar-refractivity contribution is 0.481. The Balaban J connectivity index is 0.000000861. The molecule has 0 atom stereocenters. The molecule has 0 heterocycles. The molecule has 0 saturated carbocycles. The second kappa shape index (κ2) is 7.23. The van der Waals surface area contributed by atoms with E-state index in [4.69, 9.17) is 10.00 Å². The van der Waals surface area contributed by atoms with E-state index in [1.54, 1.807) is 0 Å². The Morgan fingerprint density at radius 3 is 2.05 bits per heavy atom. The van der Waals surface area contributed by atoms with Crippen LogP contribution in [0.5, 0.6) is 11.5 Å². The first-order valence-electron chi connectivity index (χ1n) is 6.44. The zero-order valence-electron chi connectivity index (χ0n) is 11.9. The first kappa shape index (κ1) is 14.8. The number of nitriles is 1. The van der Waals surface area contributed by atoms with E-state index in [2.05, 4.69) is 6.07 Å². The first-order chi connectivity index (χ1) is 9.19. The van der Waals surface area contributed by atoms with Gasteiger partial charge >= 0.3 is 0 Å². The first-order valence-corrected chi connectivity index (χ1v) is 6.44. The van der Waals surface area contributed by atoms with Crippen LogP contribution >= 0.6 is 0 Å². The number of ether oxygens (including phenoxy) is 1. The highest BCUT2D eigenvalue weighted by Gasteiger charge is 2.04. The highest BCUT2D eigenvalue weighted by atomic mass is 16.5. The van der Waals surface area contributed by atoms with Crippen molar-refractivity contribution >= 4 is 0 Å². The smallest absolute Gasteiger partial charge is 0.145 e. The van der Waals surface area contributed by atoms with Crippen molar-refractivity contribution in [2.75, 3.05) is 0 Å². The molecular weight excluding hydrogens is 234 g/mol. The third-order valence-electron chi connectivity index (χ3n) is 2.50. The van der Waals surface area contributed by atoms with Crippen molar-refractivity contribution in [2.45, 2.75) is 27.7 Å². The van der Waals surface area contributed by atoms with E-state index in [0.29, 0.717) is 11.3 Å². The van der Waals surface area contributed by atoms with Gasteiger partial charge in [0.25, 0.3) is 0 Å². The minimum Gasteiger partial charge on any atom is -0.456 e. The van der Waals surface area contributed by atoms with Crippen LogP contribution in [0.4, 0.5) is 0 Å². The molecule has 0 aliphatic heterocycles. The predicted octanol–water partition coefficient (Wildman–Crippen LogP) is 4.99. The highest BCUT2D eigenvalue weighted by molar-refractivity contribution is 5.47. The van der Waals surface area contributed by atoms with Crippen molar-refractivity contribution in [1.29, 1.82) is 5.26 Å². The molecule has 0 N–H and O–H groups in total. The summed E-state index contributed by atoms with van der Waals surface area (Å²) in [5.41, 5.74) is 2.80. The van der Waals surface area contributed by atoms with Crippen molar-refractivity contribution in [2.24, 2.45) is 0 Å². The Labute approximate surface area is 115 Å². The molecule has 0 aromatic heterocycles. The van der Waals surface area contributed by atoms with Crippen LogP contribution in [-0.4, -0.2) is 0 Å². The number of benzene rings is 2. The predicted molar refractivity (Wildman–Crippen MR) is 78.5 cm³/mol. The van der Waals surface area contributed by atoms with E-state index in [-0.39, 0.29) is 0 Å². The van der Waals surface area contributed by atoms with Gasteiger partial charge in [-0.3, -0.25) is 0 Å². The van der Waals surface area contributed by atoms with Crippen LogP contribution in [0.3, 0.4) is 0 Å². The lowest BCUT2D eigenvalue weighted by atomic mass is 10.1. The second-order valence-corrected chi connectivity index (χ2v) is 4.03. The molecule has 0 aliphatic carbocycles. The fraction of sp³-hybridized carbons (Fsp3) is 0.235. The molecule has 0 unspecified atom stereocenters. The van der Waals surface area contributed by atoms with Crippen molar-refractivity contribution in [3.63, 3.8) is 0 Å². The Kier molecular flexibility index (Phi) is 5.63. The molecular formula is C17H19NO. The van der Waals surface area contributed by atoms with Gasteiger partial charge in [-0.25, -0.2) is 0 Å². The largest absolute Gasteiger partial charge is 0.456 e. The molecule has 0 saturated heterocycles. The summed E-state index contributed by atoms with van der Waals surface area (Å²) in [6.45, 7) is 7.98. The van der Waals surface area contributed by atoms with Crippen LogP contribution in [0.1, 0.15) is 30.5 Å².